The molecule has 1 amide bonds. The van der Waals surface area contributed by atoms with Crippen LogP contribution < -0.4 is 10.1 Å². The van der Waals surface area contributed by atoms with E-state index >= 15 is 0 Å². The Morgan fingerprint density at radius 2 is 1.53 bits per heavy atom. The molecule has 0 spiro atoms. The van der Waals surface area contributed by atoms with Gasteiger partial charge in [0.15, 0.2) is 11.4 Å². The Kier molecular flexibility index (Phi) is 5.66. The standard InChI is InChI=1S/C18H10ClF6N3O2/c19-11-3-7-13(8-4-11)28-15(18(23,24)25)14(9-26-28)30-16(29)27-12-5-1-10(2-6-12)17(20,21)22/h1-9H,(H,27,29). The van der Waals surface area contributed by atoms with Crippen molar-refractivity contribution in [1.82, 2.24) is 9.78 Å². The number of benzene rings is 2. The van der Waals surface area contributed by atoms with Gasteiger partial charge >= 0.3 is 18.4 Å². The summed E-state index contributed by atoms with van der Waals surface area (Å²) in [5.74, 6) is -0.887. The molecule has 3 rings (SSSR count). The molecule has 5 nitrogen and oxygen atoms in total. The molecule has 1 aromatic heterocycles. The van der Waals surface area contributed by atoms with Crippen molar-refractivity contribution in [2.45, 2.75) is 12.4 Å². The number of hydrogen-bond acceptors (Lipinski definition) is 3. The number of halogens is 7. The van der Waals surface area contributed by atoms with Crippen molar-refractivity contribution < 1.29 is 35.9 Å². The van der Waals surface area contributed by atoms with E-state index < -0.39 is 35.5 Å². The van der Waals surface area contributed by atoms with E-state index in [-0.39, 0.29) is 11.4 Å². The largest absolute Gasteiger partial charge is 0.437 e. The number of nitrogens with zero attached hydrogens (tertiary/aromatic N) is 2. The minimum atomic E-state index is -4.93. The molecule has 0 unspecified atom stereocenters. The fourth-order valence-corrected chi connectivity index (χ4v) is 2.56. The molecule has 158 valence electrons. The summed E-state index contributed by atoms with van der Waals surface area (Å²) in [5, 5.41) is 5.96. The van der Waals surface area contributed by atoms with Crippen molar-refractivity contribution in [3.8, 4) is 11.4 Å². The van der Waals surface area contributed by atoms with Gasteiger partial charge in [-0.25, -0.2) is 9.48 Å². The Hall–Kier alpha value is -3.21. The zero-order chi connectivity index (χ0) is 22.1. The fourth-order valence-electron chi connectivity index (χ4n) is 2.43. The molecule has 3 aromatic rings. The van der Waals surface area contributed by atoms with Crippen LogP contribution in [0.2, 0.25) is 5.02 Å². The van der Waals surface area contributed by atoms with Crippen LogP contribution in [0.4, 0.5) is 36.8 Å². The van der Waals surface area contributed by atoms with Gasteiger partial charge in [-0.15, -0.1) is 0 Å². The number of aromatic nitrogens is 2. The lowest BCUT2D eigenvalue weighted by Crippen LogP contribution is -2.20. The van der Waals surface area contributed by atoms with Gasteiger partial charge in [-0.2, -0.15) is 31.4 Å². The third kappa shape index (κ3) is 4.85. The Morgan fingerprint density at radius 1 is 0.933 bits per heavy atom. The molecule has 2 aromatic carbocycles. The van der Waals surface area contributed by atoms with Crippen LogP contribution >= 0.6 is 11.6 Å². The van der Waals surface area contributed by atoms with Crippen LogP contribution in [0.5, 0.6) is 5.75 Å². The molecule has 0 aliphatic heterocycles. The molecular weight excluding hydrogens is 440 g/mol. The van der Waals surface area contributed by atoms with E-state index in [0.29, 0.717) is 28.0 Å². The highest BCUT2D eigenvalue weighted by Crippen LogP contribution is 2.38. The third-order valence-electron chi connectivity index (χ3n) is 3.74. The number of nitrogens with one attached hydrogen (secondary N) is 1. The second-order valence-corrected chi connectivity index (χ2v) is 6.27. The van der Waals surface area contributed by atoms with Crippen LogP contribution in [0.15, 0.2) is 54.7 Å². The first-order chi connectivity index (χ1) is 13.9. The molecule has 0 atom stereocenters. The first kappa shape index (κ1) is 21.5. The average molecular weight is 450 g/mol. The quantitative estimate of drug-likeness (QED) is 0.486. The molecule has 0 saturated carbocycles. The van der Waals surface area contributed by atoms with E-state index in [1.807, 2.05) is 0 Å². The number of alkyl halides is 6. The van der Waals surface area contributed by atoms with E-state index in [0.717, 1.165) is 12.1 Å². The summed E-state index contributed by atoms with van der Waals surface area (Å²) in [6.45, 7) is 0. The summed E-state index contributed by atoms with van der Waals surface area (Å²) in [7, 11) is 0. The van der Waals surface area contributed by atoms with Crippen LogP contribution in [0.25, 0.3) is 5.69 Å². The highest BCUT2D eigenvalue weighted by molar-refractivity contribution is 6.30. The van der Waals surface area contributed by atoms with Gasteiger partial charge in [-0.3, -0.25) is 5.32 Å². The topological polar surface area (TPSA) is 56.1 Å². The molecule has 1 heterocycles. The minimum absolute atomic E-state index is 0.0183. The Labute approximate surface area is 169 Å². The Bertz CT molecular complexity index is 1040. The molecule has 12 heteroatoms. The first-order valence-electron chi connectivity index (χ1n) is 8.02. The molecular formula is C18H10ClF6N3O2. The minimum Gasteiger partial charge on any atom is -0.406 e. The van der Waals surface area contributed by atoms with E-state index in [1.54, 1.807) is 0 Å². The van der Waals surface area contributed by atoms with Crippen LogP contribution in [0, 0.1) is 0 Å². The summed E-state index contributed by atoms with van der Waals surface area (Å²) in [5.41, 5.74) is -2.39. The summed E-state index contributed by atoms with van der Waals surface area (Å²) in [4.78, 5) is 12.0. The fraction of sp³-hybridized carbons (Fsp3) is 0.111. The second-order valence-electron chi connectivity index (χ2n) is 5.83. The number of rotatable bonds is 3. The normalized spacial score (nSPS) is 12.0. The van der Waals surface area contributed by atoms with E-state index in [1.165, 1.54) is 24.3 Å². The second kappa shape index (κ2) is 7.90. The SMILES string of the molecule is O=C(Nc1ccc(C(F)(F)F)cc1)Oc1cnn(-c2ccc(Cl)cc2)c1C(F)(F)F. The summed E-state index contributed by atoms with van der Waals surface area (Å²) in [6.07, 6.45) is -10.1. The van der Waals surface area contributed by atoms with Gasteiger partial charge in [-0.1, -0.05) is 11.6 Å². The number of hydrogen-bond donors (Lipinski definition) is 1. The number of carbonyl (C=O) groups is 1. The van der Waals surface area contributed by atoms with Crippen LogP contribution in [0.3, 0.4) is 0 Å². The predicted molar refractivity (Wildman–Crippen MR) is 94.7 cm³/mol. The van der Waals surface area contributed by atoms with Crippen molar-refractivity contribution >= 4 is 23.4 Å². The smallest absolute Gasteiger partial charge is 0.406 e. The maximum absolute atomic E-state index is 13.5. The summed E-state index contributed by atoms with van der Waals surface area (Å²) in [6, 6.07) is 8.57. The van der Waals surface area contributed by atoms with Crippen molar-refractivity contribution in [2.24, 2.45) is 0 Å². The number of ether oxygens (including phenoxy) is 1. The van der Waals surface area contributed by atoms with Gasteiger partial charge in [0.05, 0.1) is 17.4 Å². The Morgan fingerprint density at radius 3 is 2.07 bits per heavy atom. The molecule has 0 bridgehead atoms. The zero-order valence-corrected chi connectivity index (χ0v) is 15.3. The monoisotopic (exact) mass is 449 g/mol. The van der Waals surface area contributed by atoms with Crippen molar-refractivity contribution in [2.75, 3.05) is 5.32 Å². The van der Waals surface area contributed by atoms with Gasteiger partial charge < -0.3 is 4.74 Å². The number of carbonyl (C=O) groups excluding carboxylic acids is 1. The van der Waals surface area contributed by atoms with E-state index in [9.17, 15) is 31.1 Å². The van der Waals surface area contributed by atoms with Crippen molar-refractivity contribution in [1.29, 1.82) is 0 Å². The number of amides is 1. The van der Waals surface area contributed by atoms with E-state index in [2.05, 4.69) is 10.4 Å². The van der Waals surface area contributed by atoms with Crippen molar-refractivity contribution in [3.63, 3.8) is 0 Å². The molecule has 30 heavy (non-hydrogen) atoms. The lowest BCUT2D eigenvalue weighted by Gasteiger charge is -2.13. The lowest BCUT2D eigenvalue weighted by molar-refractivity contribution is -0.143. The maximum Gasteiger partial charge on any atom is 0.437 e. The predicted octanol–water partition coefficient (Wildman–Crippen LogP) is 6.17. The average Bonchev–Trinajstić information content (AvgIpc) is 3.05. The van der Waals surface area contributed by atoms with Crippen LogP contribution in [0.1, 0.15) is 11.3 Å². The van der Waals surface area contributed by atoms with Gasteiger partial charge in [0.1, 0.15) is 0 Å². The molecule has 0 fully saturated rings. The Balaban J connectivity index is 1.82. The van der Waals surface area contributed by atoms with Gasteiger partial charge in [0.2, 0.25) is 0 Å². The zero-order valence-electron chi connectivity index (χ0n) is 14.6. The highest BCUT2D eigenvalue weighted by atomic mass is 35.5. The van der Waals surface area contributed by atoms with Crippen LogP contribution in [-0.2, 0) is 12.4 Å². The third-order valence-corrected chi connectivity index (χ3v) is 3.99. The maximum atomic E-state index is 13.5. The molecule has 1 N–H and O–H groups in total. The molecule has 0 radical (unpaired) electrons. The summed E-state index contributed by atoms with van der Waals surface area (Å²) < 4.78 is 83.5. The molecule has 0 saturated heterocycles. The lowest BCUT2D eigenvalue weighted by atomic mass is 10.2. The summed E-state index contributed by atoms with van der Waals surface area (Å²) >= 11 is 5.72. The van der Waals surface area contributed by atoms with Gasteiger partial charge in [0.25, 0.3) is 0 Å². The van der Waals surface area contributed by atoms with Gasteiger partial charge in [0, 0.05) is 10.7 Å². The first-order valence-corrected chi connectivity index (χ1v) is 8.40. The van der Waals surface area contributed by atoms with Gasteiger partial charge in [-0.05, 0) is 48.5 Å². The molecule has 0 aliphatic rings. The molecule has 0 aliphatic carbocycles. The van der Waals surface area contributed by atoms with Crippen LogP contribution in [-0.4, -0.2) is 15.9 Å². The van der Waals surface area contributed by atoms with Crippen molar-refractivity contribution in [3.05, 3.63) is 71.0 Å². The number of anilines is 1. The highest BCUT2D eigenvalue weighted by Gasteiger charge is 2.40. The van der Waals surface area contributed by atoms with E-state index in [4.69, 9.17) is 16.3 Å².